The van der Waals surface area contributed by atoms with Crippen LogP contribution in [0, 0.1) is 6.92 Å². The molecule has 0 aliphatic heterocycles. The number of nitrogens with zero attached hydrogens (tertiary/aromatic N) is 1. The maximum atomic E-state index is 5.21. The van der Waals surface area contributed by atoms with E-state index < -0.39 is 0 Å². The van der Waals surface area contributed by atoms with Crippen molar-refractivity contribution in [1.29, 1.82) is 0 Å². The molecule has 0 spiro atoms. The maximum absolute atomic E-state index is 5.21. The number of nitrogens with one attached hydrogen (secondary N) is 1. The number of aryl methyl sites for hydroxylation is 2. The van der Waals surface area contributed by atoms with Crippen molar-refractivity contribution in [3.63, 3.8) is 0 Å². The molecule has 3 nitrogen and oxygen atoms in total. The van der Waals surface area contributed by atoms with E-state index in [0.29, 0.717) is 6.04 Å². The predicted octanol–water partition coefficient (Wildman–Crippen LogP) is 2.40. The fraction of sp³-hybridized carbons (Fsp3) is 0.750. The largest absolute Gasteiger partial charge is 0.383 e. The van der Waals surface area contributed by atoms with E-state index in [1.54, 1.807) is 18.4 Å². The first kappa shape index (κ1) is 13.6. The summed E-state index contributed by atoms with van der Waals surface area (Å²) >= 11 is 1.72. The molecule has 1 unspecified atom stereocenters. The van der Waals surface area contributed by atoms with E-state index >= 15 is 0 Å². The van der Waals surface area contributed by atoms with Crippen molar-refractivity contribution in [3.05, 3.63) is 16.1 Å². The Bertz CT molecular complexity index is 288. The molecule has 16 heavy (non-hydrogen) atoms. The lowest BCUT2D eigenvalue weighted by atomic mass is 10.1. The number of aromatic nitrogens is 1. The molecule has 0 amide bonds. The minimum atomic E-state index is 0.451. The molecular weight excluding hydrogens is 220 g/mol. The maximum Gasteiger partial charge on any atom is 0.0897 e. The lowest BCUT2D eigenvalue weighted by Crippen LogP contribution is -2.34. The van der Waals surface area contributed by atoms with Crippen LogP contribution < -0.4 is 5.32 Å². The minimum Gasteiger partial charge on any atom is -0.383 e. The Kier molecular flexibility index (Phi) is 6.61. The first-order valence-electron chi connectivity index (χ1n) is 5.89. The van der Waals surface area contributed by atoms with Gasteiger partial charge in [0.25, 0.3) is 0 Å². The van der Waals surface area contributed by atoms with Gasteiger partial charge < -0.3 is 10.1 Å². The zero-order valence-corrected chi connectivity index (χ0v) is 11.3. The van der Waals surface area contributed by atoms with E-state index in [9.17, 15) is 0 Å². The van der Waals surface area contributed by atoms with Crippen molar-refractivity contribution in [2.75, 3.05) is 20.3 Å². The van der Waals surface area contributed by atoms with Gasteiger partial charge in [-0.25, -0.2) is 4.98 Å². The first-order valence-corrected chi connectivity index (χ1v) is 6.77. The second kappa shape index (κ2) is 7.76. The molecule has 0 saturated heterocycles. The number of methoxy groups -OCH3 is 1. The average molecular weight is 242 g/mol. The molecule has 92 valence electrons. The third-order valence-corrected chi connectivity index (χ3v) is 3.29. The molecule has 1 rings (SSSR count). The highest BCUT2D eigenvalue weighted by atomic mass is 32.1. The van der Waals surface area contributed by atoms with E-state index in [0.717, 1.165) is 37.4 Å². The zero-order valence-electron chi connectivity index (χ0n) is 10.5. The quantitative estimate of drug-likeness (QED) is 0.760. The van der Waals surface area contributed by atoms with Gasteiger partial charge >= 0.3 is 0 Å². The van der Waals surface area contributed by atoms with Crippen molar-refractivity contribution in [1.82, 2.24) is 10.3 Å². The summed E-state index contributed by atoms with van der Waals surface area (Å²) in [6, 6.07) is 0.451. The summed E-state index contributed by atoms with van der Waals surface area (Å²) in [4.78, 5) is 4.47. The topological polar surface area (TPSA) is 34.2 Å². The van der Waals surface area contributed by atoms with Crippen molar-refractivity contribution in [2.45, 2.75) is 39.2 Å². The van der Waals surface area contributed by atoms with E-state index in [4.69, 9.17) is 4.74 Å². The summed E-state index contributed by atoms with van der Waals surface area (Å²) in [6.45, 7) is 6.07. The van der Waals surface area contributed by atoms with Crippen LogP contribution in [0.2, 0.25) is 0 Å². The van der Waals surface area contributed by atoms with Crippen molar-refractivity contribution < 1.29 is 4.74 Å². The number of thiazole rings is 1. The smallest absolute Gasteiger partial charge is 0.0897 e. The fourth-order valence-corrected chi connectivity index (χ4v) is 2.29. The molecule has 0 fully saturated rings. The summed E-state index contributed by atoms with van der Waals surface area (Å²) in [6.07, 6.45) is 3.29. The van der Waals surface area contributed by atoms with Gasteiger partial charge in [-0.15, -0.1) is 11.3 Å². The fourth-order valence-electron chi connectivity index (χ4n) is 1.64. The summed E-state index contributed by atoms with van der Waals surface area (Å²) < 4.78 is 5.21. The third-order valence-electron chi connectivity index (χ3n) is 2.47. The predicted molar refractivity (Wildman–Crippen MR) is 69.1 cm³/mol. The van der Waals surface area contributed by atoms with Crippen LogP contribution in [0.25, 0.3) is 0 Å². The van der Waals surface area contributed by atoms with Crippen LogP contribution in [-0.2, 0) is 11.2 Å². The van der Waals surface area contributed by atoms with Crippen LogP contribution in [0.5, 0.6) is 0 Å². The monoisotopic (exact) mass is 242 g/mol. The van der Waals surface area contributed by atoms with Gasteiger partial charge in [-0.1, -0.05) is 6.92 Å². The average Bonchev–Trinajstić information content (AvgIpc) is 2.68. The van der Waals surface area contributed by atoms with Crippen molar-refractivity contribution in [3.8, 4) is 0 Å². The molecule has 1 atom stereocenters. The highest BCUT2D eigenvalue weighted by Crippen LogP contribution is 2.10. The summed E-state index contributed by atoms with van der Waals surface area (Å²) in [5.74, 6) is 0. The Hall–Kier alpha value is -0.450. The molecule has 1 heterocycles. The van der Waals surface area contributed by atoms with Crippen LogP contribution in [-0.4, -0.2) is 31.3 Å². The lowest BCUT2D eigenvalue weighted by molar-refractivity contribution is 0.162. The normalized spacial score (nSPS) is 12.9. The molecule has 0 aromatic carbocycles. The molecule has 0 aliphatic carbocycles. The molecule has 0 radical (unpaired) electrons. The van der Waals surface area contributed by atoms with Crippen molar-refractivity contribution >= 4 is 11.3 Å². The number of hydrogen-bond donors (Lipinski definition) is 1. The van der Waals surface area contributed by atoms with Gasteiger partial charge in [-0.2, -0.15) is 0 Å². The van der Waals surface area contributed by atoms with Crippen LogP contribution >= 0.6 is 11.3 Å². The van der Waals surface area contributed by atoms with E-state index in [-0.39, 0.29) is 0 Å². The standard InChI is InChI=1S/C12H22N2OS/c1-4-7-13-11(8-15-3)5-6-12-9-16-10(2)14-12/h9,11,13H,4-8H2,1-3H3. The molecule has 0 aliphatic rings. The van der Waals surface area contributed by atoms with Crippen LogP contribution in [0.3, 0.4) is 0 Å². The molecule has 0 saturated carbocycles. The zero-order chi connectivity index (χ0) is 11.8. The second-order valence-corrected chi connectivity index (χ2v) is 5.07. The van der Waals surface area contributed by atoms with Crippen LogP contribution in [0.15, 0.2) is 5.38 Å². The van der Waals surface area contributed by atoms with Gasteiger partial charge in [-0.05, 0) is 32.7 Å². The van der Waals surface area contributed by atoms with Crippen LogP contribution in [0.4, 0.5) is 0 Å². The SMILES string of the molecule is CCCNC(CCc1csc(C)n1)COC. The molecular formula is C12H22N2OS. The van der Waals surface area contributed by atoms with Gasteiger partial charge in [0.15, 0.2) is 0 Å². The molecule has 0 bridgehead atoms. The number of hydrogen-bond acceptors (Lipinski definition) is 4. The van der Waals surface area contributed by atoms with E-state index in [1.165, 1.54) is 5.69 Å². The Labute approximate surface area is 102 Å². The van der Waals surface area contributed by atoms with Crippen LogP contribution in [0.1, 0.15) is 30.5 Å². The number of ether oxygens (including phenoxy) is 1. The van der Waals surface area contributed by atoms with Gasteiger partial charge in [0.05, 0.1) is 17.3 Å². The van der Waals surface area contributed by atoms with Crippen molar-refractivity contribution in [2.24, 2.45) is 0 Å². The Morgan fingerprint density at radius 2 is 2.38 bits per heavy atom. The lowest BCUT2D eigenvalue weighted by Gasteiger charge is -2.16. The molecule has 1 aromatic rings. The second-order valence-electron chi connectivity index (χ2n) is 4.00. The number of rotatable bonds is 8. The Morgan fingerprint density at radius 1 is 1.56 bits per heavy atom. The summed E-state index contributed by atoms with van der Waals surface area (Å²) in [5.41, 5.74) is 1.21. The highest BCUT2D eigenvalue weighted by molar-refractivity contribution is 7.09. The third kappa shape index (κ3) is 5.05. The van der Waals surface area contributed by atoms with Gasteiger partial charge in [0, 0.05) is 18.5 Å². The van der Waals surface area contributed by atoms with E-state index in [2.05, 4.69) is 29.5 Å². The Balaban J connectivity index is 2.30. The molecule has 1 N–H and O–H groups in total. The minimum absolute atomic E-state index is 0.451. The summed E-state index contributed by atoms with van der Waals surface area (Å²) in [7, 11) is 1.76. The molecule has 4 heteroatoms. The molecule has 1 aromatic heterocycles. The van der Waals surface area contributed by atoms with E-state index in [1.807, 2.05) is 0 Å². The van der Waals surface area contributed by atoms with Gasteiger partial charge in [0.1, 0.15) is 0 Å². The summed E-state index contributed by atoms with van der Waals surface area (Å²) in [5, 5.41) is 6.80. The van der Waals surface area contributed by atoms with Gasteiger partial charge in [-0.3, -0.25) is 0 Å². The Morgan fingerprint density at radius 3 is 2.94 bits per heavy atom. The highest BCUT2D eigenvalue weighted by Gasteiger charge is 2.08. The van der Waals surface area contributed by atoms with Gasteiger partial charge in [0.2, 0.25) is 0 Å². The first-order chi connectivity index (χ1) is 7.76.